The number of anilines is 1. The van der Waals surface area contributed by atoms with Gasteiger partial charge in [-0.3, -0.25) is 0 Å². The summed E-state index contributed by atoms with van der Waals surface area (Å²) in [6.45, 7) is 6.91. The Kier molecular flexibility index (Phi) is 5.64. The Morgan fingerprint density at radius 1 is 1.00 bits per heavy atom. The first-order chi connectivity index (χ1) is 13.0. The molecule has 1 heterocycles. The first kappa shape index (κ1) is 18.8. The molecule has 0 aliphatic heterocycles. The summed E-state index contributed by atoms with van der Waals surface area (Å²) in [6, 6.07) is 14.3. The predicted octanol–water partition coefficient (Wildman–Crippen LogP) is 4.48. The van der Waals surface area contributed by atoms with Crippen LogP contribution in [0.4, 0.5) is 5.69 Å². The minimum atomic E-state index is 0.295. The van der Waals surface area contributed by atoms with Crippen LogP contribution in [0.1, 0.15) is 25.3 Å². The van der Waals surface area contributed by atoms with Gasteiger partial charge in [0.05, 0.1) is 20.8 Å². The smallest absolute Gasteiger partial charge is 0.246 e. The molecule has 0 bridgehead atoms. The van der Waals surface area contributed by atoms with Crippen LogP contribution in [0.2, 0.25) is 0 Å². The second kappa shape index (κ2) is 8.12. The van der Waals surface area contributed by atoms with E-state index in [-0.39, 0.29) is 0 Å². The van der Waals surface area contributed by atoms with Crippen LogP contribution >= 0.6 is 0 Å². The van der Waals surface area contributed by atoms with Gasteiger partial charge in [0.15, 0.2) is 11.5 Å². The molecule has 0 fully saturated rings. The average Bonchev–Trinajstić information content (AvgIpc) is 3.15. The number of aryl methyl sites for hydroxylation is 1. The van der Waals surface area contributed by atoms with Crippen LogP contribution < -0.4 is 14.4 Å². The van der Waals surface area contributed by atoms with E-state index in [0.717, 1.165) is 11.3 Å². The Hall–Kier alpha value is -3.02. The van der Waals surface area contributed by atoms with Crippen molar-refractivity contribution < 1.29 is 14.0 Å². The lowest BCUT2D eigenvalue weighted by atomic mass is 10.2. The van der Waals surface area contributed by atoms with Crippen molar-refractivity contribution in [3.63, 3.8) is 0 Å². The number of rotatable bonds is 7. The highest BCUT2D eigenvalue weighted by Gasteiger charge is 2.17. The van der Waals surface area contributed by atoms with Crippen LogP contribution in [0.5, 0.6) is 11.5 Å². The van der Waals surface area contributed by atoms with Gasteiger partial charge in [-0.05, 0) is 51.1 Å². The van der Waals surface area contributed by atoms with E-state index in [1.807, 2.05) is 18.2 Å². The van der Waals surface area contributed by atoms with E-state index < -0.39 is 0 Å². The molecular formula is C21H25N3O3. The lowest BCUT2D eigenvalue weighted by Crippen LogP contribution is -2.30. The van der Waals surface area contributed by atoms with Crippen molar-refractivity contribution in [3.05, 3.63) is 53.9 Å². The van der Waals surface area contributed by atoms with Crippen LogP contribution in [-0.4, -0.2) is 30.4 Å². The fourth-order valence-corrected chi connectivity index (χ4v) is 2.87. The molecule has 3 aromatic rings. The first-order valence-corrected chi connectivity index (χ1v) is 8.90. The van der Waals surface area contributed by atoms with Crippen molar-refractivity contribution >= 4 is 5.69 Å². The van der Waals surface area contributed by atoms with Gasteiger partial charge in [0.2, 0.25) is 11.7 Å². The van der Waals surface area contributed by atoms with Crippen molar-refractivity contribution in [2.24, 2.45) is 0 Å². The summed E-state index contributed by atoms with van der Waals surface area (Å²) in [6.07, 6.45) is 0. The summed E-state index contributed by atoms with van der Waals surface area (Å²) in [5, 5.41) is 4.13. The Morgan fingerprint density at radius 2 is 1.70 bits per heavy atom. The Morgan fingerprint density at radius 3 is 2.33 bits per heavy atom. The van der Waals surface area contributed by atoms with Gasteiger partial charge in [0, 0.05) is 17.3 Å². The predicted molar refractivity (Wildman–Crippen MR) is 105 cm³/mol. The molecule has 0 aliphatic rings. The molecule has 6 nitrogen and oxygen atoms in total. The van der Waals surface area contributed by atoms with E-state index in [4.69, 9.17) is 14.0 Å². The fourth-order valence-electron chi connectivity index (χ4n) is 2.87. The number of ether oxygens (including phenoxy) is 2. The fraction of sp³-hybridized carbons (Fsp3) is 0.333. The lowest BCUT2D eigenvalue weighted by molar-refractivity contribution is 0.355. The van der Waals surface area contributed by atoms with Gasteiger partial charge in [-0.2, -0.15) is 4.98 Å². The standard InChI is InChI=1S/C21H25N3O3/c1-14(2)24(17-9-6-15(3)7-10-17)13-20-22-21(23-27-20)16-8-11-18(25-4)19(12-16)26-5/h6-12,14H,13H2,1-5H3. The highest BCUT2D eigenvalue weighted by atomic mass is 16.5. The molecule has 0 amide bonds. The molecule has 0 N–H and O–H groups in total. The molecule has 0 spiro atoms. The molecule has 0 unspecified atom stereocenters. The van der Waals surface area contributed by atoms with E-state index in [1.165, 1.54) is 5.56 Å². The summed E-state index contributed by atoms with van der Waals surface area (Å²) in [7, 11) is 3.21. The maximum Gasteiger partial charge on any atom is 0.246 e. The zero-order valence-corrected chi connectivity index (χ0v) is 16.4. The molecule has 0 aliphatic carbocycles. The van der Waals surface area contributed by atoms with Crippen molar-refractivity contribution in [2.45, 2.75) is 33.4 Å². The van der Waals surface area contributed by atoms with Gasteiger partial charge in [-0.1, -0.05) is 22.9 Å². The Bertz CT molecular complexity index is 888. The number of nitrogens with zero attached hydrogens (tertiary/aromatic N) is 3. The van der Waals surface area contributed by atoms with E-state index >= 15 is 0 Å². The normalized spacial score (nSPS) is 10.9. The molecule has 0 atom stereocenters. The van der Waals surface area contributed by atoms with Gasteiger partial charge in [-0.25, -0.2) is 0 Å². The Balaban J connectivity index is 1.83. The third-order valence-corrected chi connectivity index (χ3v) is 4.40. The summed E-state index contributed by atoms with van der Waals surface area (Å²) in [5.74, 6) is 2.38. The van der Waals surface area contributed by atoms with Crippen LogP contribution in [0, 0.1) is 6.92 Å². The summed E-state index contributed by atoms with van der Waals surface area (Å²) in [4.78, 5) is 6.79. The zero-order chi connectivity index (χ0) is 19.4. The molecule has 0 saturated heterocycles. The highest BCUT2D eigenvalue weighted by molar-refractivity contribution is 5.60. The first-order valence-electron chi connectivity index (χ1n) is 8.90. The molecule has 142 valence electrons. The van der Waals surface area contributed by atoms with Crippen molar-refractivity contribution in [2.75, 3.05) is 19.1 Å². The maximum atomic E-state index is 5.50. The van der Waals surface area contributed by atoms with E-state index in [1.54, 1.807) is 14.2 Å². The van der Waals surface area contributed by atoms with Crippen molar-refractivity contribution in [1.29, 1.82) is 0 Å². The lowest BCUT2D eigenvalue weighted by Gasteiger charge is -2.27. The molecule has 6 heteroatoms. The largest absolute Gasteiger partial charge is 0.493 e. The van der Waals surface area contributed by atoms with Crippen molar-refractivity contribution in [3.8, 4) is 22.9 Å². The second-order valence-electron chi connectivity index (χ2n) is 6.64. The van der Waals surface area contributed by atoms with Gasteiger partial charge >= 0.3 is 0 Å². The van der Waals surface area contributed by atoms with Crippen LogP contribution in [0.15, 0.2) is 47.0 Å². The number of aromatic nitrogens is 2. The minimum Gasteiger partial charge on any atom is -0.493 e. The number of hydrogen-bond donors (Lipinski definition) is 0. The third-order valence-electron chi connectivity index (χ3n) is 4.40. The van der Waals surface area contributed by atoms with Crippen LogP contribution in [-0.2, 0) is 6.54 Å². The number of hydrogen-bond acceptors (Lipinski definition) is 6. The molecule has 0 saturated carbocycles. The molecule has 0 radical (unpaired) electrons. The quantitative estimate of drug-likeness (QED) is 0.614. The van der Waals surface area contributed by atoms with Crippen LogP contribution in [0.25, 0.3) is 11.4 Å². The molecule has 1 aromatic heterocycles. The molecular weight excluding hydrogens is 342 g/mol. The zero-order valence-electron chi connectivity index (χ0n) is 16.4. The maximum absolute atomic E-state index is 5.50. The average molecular weight is 367 g/mol. The summed E-state index contributed by atoms with van der Waals surface area (Å²) >= 11 is 0. The van der Waals surface area contributed by atoms with Gasteiger partial charge in [-0.15, -0.1) is 0 Å². The Labute approximate surface area is 159 Å². The molecule has 2 aromatic carbocycles. The molecule has 3 rings (SSSR count). The summed E-state index contributed by atoms with van der Waals surface area (Å²) in [5.41, 5.74) is 3.17. The highest BCUT2D eigenvalue weighted by Crippen LogP contribution is 2.31. The minimum absolute atomic E-state index is 0.295. The SMILES string of the molecule is COc1ccc(-c2noc(CN(c3ccc(C)cc3)C(C)C)n2)cc1OC. The van der Waals surface area contributed by atoms with Gasteiger partial charge in [0.25, 0.3) is 0 Å². The van der Waals surface area contributed by atoms with E-state index in [9.17, 15) is 0 Å². The number of benzene rings is 2. The third kappa shape index (κ3) is 4.22. The molecule has 27 heavy (non-hydrogen) atoms. The van der Waals surface area contributed by atoms with Crippen LogP contribution in [0.3, 0.4) is 0 Å². The summed E-state index contributed by atoms with van der Waals surface area (Å²) < 4.78 is 16.1. The van der Waals surface area contributed by atoms with E-state index in [0.29, 0.717) is 35.8 Å². The van der Waals surface area contributed by atoms with Crippen molar-refractivity contribution in [1.82, 2.24) is 10.1 Å². The topological polar surface area (TPSA) is 60.6 Å². The van der Waals surface area contributed by atoms with Gasteiger partial charge < -0.3 is 18.9 Å². The van der Waals surface area contributed by atoms with E-state index in [2.05, 4.69) is 60.1 Å². The van der Waals surface area contributed by atoms with Gasteiger partial charge in [0.1, 0.15) is 0 Å². The second-order valence-corrected chi connectivity index (χ2v) is 6.64. The monoisotopic (exact) mass is 367 g/mol. The number of methoxy groups -OCH3 is 2.